The minimum atomic E-state index is -4.91. The van der Waals surface area contributed by atoms with Gasteiger partial charge in [-0.2, -0.15) is 18.3 Å². The number of halogens is 3. The number of Topliss-reactive ketones (excluding diaryl/α,β-unsaturated/α-hetero) is 1. The van der Waals surface area contributed by atoms with E-state index in [0.717, 1.165) is 49.2 Å². The van der Waals surface area contributed by atoms with E-state index in [1.807, 2.05) is 30.3 Å². The van der Waals surface area contributed by atoms with Crippen LogP contribution >= 0.6 is 0 Å². The Balaban J connectivity index is 1.81. The Labute approximate surface area is 255 Å². The normalized spacial score (nSPS) is 11.7. The molecule has 0 spiro atoms. The van der Waals surface area contributed by atoms with Crippen molar-refractivity contribution >= 4 is 22.8 Å². The second-order valence-electron chi connectivity index (χ2n) is 11.1. The summed E-state index contributed by atoms with van der Waals surface area (Å²) in [5.74, 6) is -1.87. The number of ketones is 1. The molecule has 7 heteroatoms. The number of para-hydroxylation sites is 1. The molecular weight excluding hydrogens is 547 g/mol. The number of benzene rings is 3. The molecule has 0 aliphatic rings. The van der Waals surface area contributed by atoms with E-state index in [0.29, 0.717) is 11.4 Å². The lowest BCUT2D eigenvalue weighted by Crippen LogP contribution is -2.26. The van der Waals surface area contributed by atoms with Crippen LogP contribution < -0.4 is 4.90 Å². The first-order chi connectivity index (χ1) is 20.8. The molecule has 0 radical (unpaired) electrons. The van der Waals surface area contributed by atoms with Crippen molar-refractivity contribution in [2.24, 2.45) is 10.2 Å². The highest BCUT2D eigenvalue weighted by molar-refractivity contribution is 6.00. The van der Waals surface area contributed by atoms with Crippen LogP contribution in [0, 0.1) is 0 Å². The highest BCUT2D eigenvalue weighted by atomic mass is 19.4. The van der Waals surface area contributed by atoms with E-state index in [2.05, 4.69) is 47.2 Å². The largest absolute Gasteiger partial charge is 0.454 e. The van der Waals surface area contributed by atoms with E-state index in [1.54, 1.807) is 0 Å². The zero-order valence-corrected chi connectivity index (χ0v) is 25.7. The van der Waals surface area contributed by atoms with Crippen LogP contribution in [0.3, 0.4) is 0 Å². The fourth-order valence-corrected chi connectivity index (χ4v) is 5.24. The smallest absolute Gasteiger partial charge is 0.371 e. The number of alkyl halides is 3. The molecule has 0 saturated heterocycles. The van der Waals surface area contributed by atoms with Crippen molar-refractivity contribution in [1.29, 1.82) is 0 Å². The van der Waals surface area contributed by atoms with Crippen LogP contribution in [0.2, 0.25) is 0 Å². The highest BCUT2D eigenvalue weighted by Crippen LogP contribution is 2.38. The fraction of sp³-hybridized carbons (Fsp3) is 0.472. The molecule has 0 fully saturated rings. The molecule has 0 aromatic heterocycles. The average molecular weight is 594 g/mol. The molecular formula is C36H46F3N3O. The molecule has 0 heterocycles. The second-order valence-corrected chi connectivity index (χ2v) is 11.1. The number of hydrogen-bond donors (Lipinski definition) is 0. The van der Waals surface area contributed by atoms with Gasteiger partial charge in [0.1, 0.15) is 0 Å². The van der Waals surface area contributed by atoms with E-state index in [-0.39, 0.29) is 0 Å². The summed E-state index contributed by atoms with van der Waals surface area (Å²) in [5, 5.41) is 8.77. The summed E-state index contributed by atoms with van der Waals surface area (Å²) in [5.41, 5.74) is 3.83. The summed E-state index contributed by atoms with van der Waals surface area (Å²) in [6, 6.07) is 21.3. The van der Waals surface area contributed by atoms with Gasteiger partial charge in [0.25, 0.3) is 5.78 Å². The molecule has 0 aliphatic heterocycles. The Bertz CT molecular complexity index is 1260. The maximum absolute atomic E-state index is 12.8. The Kier molecular flexibility index (Phi) is 14.4. The van der Waals surface area contributed by atoms with Crippen LogP contribution in [0.4, 0.5) is 30.2 Å². The van der Waals surface area contributed by atoms with Gasteiger partial charge in [0, 0.05) is 35.5 Å². The molecule has 4 nitrogen and oxygen atoms in total. The first kappa shape index (κ1) is 34.0. The van der Waals surface area contributed by atoms with Gasteiger partial charge in [-0.05, 0) is 49.2 Å². The van der Waals surface area contributed by atoms with Crippen molar-refractivity contribution in [1.82, 2.24) is 0 Å². The Morgan fingerprint density at radius 3 is 1.72 bits per heavy atom. The summed E-state index contributed by atoms with van der Waals surface area (Å²) in [6.07, 6.45) is 10.1. The zero-order chi connectivity index (χ0) is 30.9. The van der Waals surface area contributed by atoms with Crippen molar-refractivity contribution in [2.45, 2.75) is 97.1 Å². The number of carbonyl (C=O) groups excluding carboxylic acids is 1. The van der Waals surface area contributed by atoms with E-state index in [4.69, 9.17) is 0 Å². The summed E-state index contributed by atoms with van der Waals surface area (Å²) < 4.78 is 38.3. The monoisotopic (exact) mass is 593 g/mol. The lowest BCUT2D eigenvalue weighted by atomic mass is 10.0. The van der Waals surface area contributed by atoms with Gasteiger partial charge >= 0.3 is 6.18 Å². The van der Waals surface area contributed by atoms with Gasteiger partial charge in [-0.15, -0.1) is 5.11 Å². The average Bonchev–Trinajstić information content (AvgIpc) is 3.02. The van der Waals surface area contributed by atoms with Gasteiger partial charge < -0.3 is 4.90 Å². The molecule has 3 rings (SSSR count). The molecule has 0 saturated carbocycles. The van der Waals surface area contributed by atoms with Gasteiger partial charge in [-0.3, -0.25) is 4.79 Å². The van der Waals surface area contributed by atoms with Crippen LogP contribution in [-0.4, -0.2) is 25.0 Å². The molecule has 0 bridgehead atoms. The number of carbonyl (C=O) groups is 1. The Hall–Kier alpha value is -3.48. The summed E-state index contributed by atoms with van der Waals surface area (Å²) in [4.78, 5) is 14.0. The van der Waals surface area contributed by atoms with E-state index in [1.165, 1.54) is 82.0 Å². The van der Waals surface area contributed by atoms with E-state index < -0.39 is 17.5 Å². The van der Waals surface area contributed by atoms with Crippen LogP contribution in [0.25, 0.3) is 11.1 Å². The first-order valence-electron chi connectivity index (χ1n) is 15.9. The lowest BCUT2D eigenvalue weighted by molar-refractivity contribution is -0.0885. The third kappa shape index (κ3) is 11.3. The Morgan fingerprint density at radius 1 is 0.628 bits per heavy atom. The third-order valence-corrected chi connectivity index (χ3v) is 7.66. The van der Waals surface area contributed by atoms with Crippen LogP contribution in [0.15, 0.2) is 83.0 Å². The zero-order valence-electron chi connectivity index (χ0n) is 25.7. The number of rotatable bonds is 19. The molecule has 0 amide bonds. The maximum Gasteiger partial charge on any atom is 0.454 e. The summed E-state index contributed by atoms with van der Waals surface area (Å²) >= 11 is 0. The van der Waals surface area contributed by atoms with Crippen molar-refractivity contribution < 1.29 is 18.0 Å². The molecule has 0 aliphatic carbocycles. The van der Waals surface area contributed by atoms with E-state index in [9.17, 15) is 18.0 Å². The lowest BCUT2D eigenvalue weighted by Gasteiger charge is -2.28. The van der Waals surface area contributed by atoms with Crippen LogP contribution in [0.5, 0.6) is 0 Å². The molecule has 0 atom stereocenters. The standard InChI is InChI=1S/C36H46F3N3O/c1-3-5-7-9-11-17-27-42(28-18-12-10-8-6-4-2)34-22-16-14-20-32(34)31-19-13-15-21-33(31)41-40-30-25-23-29(24-26-30)35(43)36(37,38)39/h13-16,19-26H,3-12,17-18,27-28H2,1-2H3. The van der Waals surface area contributed by atoms with Gasteiger partial charge in [-0.1, -0.05) is 114 Å². The number of unbranched alkanes of at least 4 members (excludes halogenated alkanes) is 10. The molecule has 0 unspecified atom stereocenters. The predicted molar refractivity (Wildman–Crippen MR) is 172 cm³/mol. The number of anilines is 1. The van der Waals surface area contributed by atoms with Crippen molar-refractivity contribution in [3.63, 3.8) is 0 Å². The summed E-state index contributed by atoms with van der Waals surface area (Å²) in [6.45, 7) is 6.50. The van der Waals surface area contributed by atoms with Gasteiger partial charge in [0.05, 0.1) is 11.4 Å². The van der Waals surface area contributed by atoms with Crippen LogP contribution in [-0.2, 0) is 0 Å². The molecule has 0 N–H and O–H groups in total. The minimum absolute atomic E-state index is 0.370. The minimum Gasteiger partial charge on any atom is -0.371 e. The van der Waals surface area contributed by atoms with Gasteiger partial charge in [0.15, 0.2) is 0 Å². The SMILES string of the molecule is CCCCCCCCN(CCCCCCCC)c1ccccc1-c1ccccc1N=Nc1ccc(C(=O)C(F)(F)F)cc1. The topological polar surface area (TPSA) is 45.0 Å². The van der Waals surface area contributed by atoms with Gasteiger partial charge in [-0.25, -0.2) is 0 Å². The molecule has 3 aromatic rings. The van der Waals surface area contributed by atoms with Gasteiger partial charge in [0.2, 0.25) is 0 Å². The maximum atomic E-state index is 12.8. The number of azo groups is 1. The fourth-order valence-electron chi connectivity index (χ4n) is 5.24. The van der Waals surface area contributed by atoms with E-state index >= 15 is 0 Å². The number of hydrogen-bond acceptors (Lipinski definition) is 4. The number of nitrogens with zero attached hydrogens (tertiary/aromatic N) is 3. The molecule has 3 aromatic carbocycles. The summed E-state index contributed by atoms with van der Waals surface area (Å²) in [7, 11) is 0. The molecule has 232 valence electrons. The quantitative estimate of drug-likeness (QED) is 0.0788. The first-order valence-corrected chi connectivity index (χ1v) is 15.9. The van der Waals surface area contributed by atoms with Crippen molar-refractivity contribution in [3.8, 4) is 11.1 Å². The predicted octanol–water partition coefficient (Wildman–Crippen LogP) is 12.0. The van der Waals surface area contributed by atoms with Crippen molar-refractivity contribution in [2.75, 3.05) is 18.0 Å². The third-order valence-electron chi connectivity index (χ3n) is 7.66. The molecule has 43 heavy (non-hydrogen) atoms. The Morgan fingerprint density at radius 2 is 1.14 bits per heavy atom. The second kappa shape index (κ2) is 18.2. The van der Waals surface area contributed by atoms with Crippen molar-refractivity contribution in [3.05, 3.63) is 78.4 Å². The highest BCUT2D eigenvalue weighted by Gasteiger charge is 2.39. The van der Waals surface area contributed by atoms with Crippen LogP contribution in [0.1, 0.15) is 101 Å².